The Labute approximate surface area is 379 Å². The van der Waals surface area contributed by atoms with Gasteiger partial charge in [-0.15, -0.1) is 0 Å². The quantitative estimate of drug-likeness (QED) is 0.150. The third-order valence-electron chi connectivity index (χ3n) is 13.3. The van der Waals surface area contributed by atoms with E-state index in [1.807, 2.05) is 18.2 Å². The lowest BCUT2D eigenvalue weighted by Crippen LogP contribution is -2.14. The number of fused-ring (bicyclic) bond motifs is 6. The SMILES string of the molecule is CC1(C)c2ccccc2-c2ccc(-c3ccc(-c4cc(-c5ccc(-c6ccc(-c7cccc8c(-c9ccccc9)nc9ccccc9c78)cc6)cc5)nc(-c5ccccc5)n4)cc3)cc21. The van der Waals surface area contributed by atoms with Gasteiger partial charge >= 0.3 is 0 Å². The first kappa shape index (κ1) is 38.4. The number of hydrogen-bond donors (Lipinski definition) is 0. The van der Waals surface area contributed by atoms with Crippen molar-refractivity contribution in [2.75, 3.05) is 0 Å². The Hall–Kier alpha value is -8.27. The van der Waals surface area contributed by atoms with Crippen LogP contribution in [0.5, 0.6) is 0 Å². The summed E-state index contributed by atoms with van der Waals surface area (Å²) in [6, 6.07) is 80.2. The lowest BCUT2D eigenvalue weighted by atomic mass is 9.81. The number of pyridine rings is 1. The number of aromatic nitrogens is 3. The van der Waals surface area contributed by atoms with Crippen molar-refractivity contribution in [3.8, 4) is 89.7 Å². The Kier molecular flexibility index (Phi) is 9.17. The molecule has 0 radical (unpaired) electrons. The van der Waals surface area contributed by atoms with Crippen molar-refractivity contribution in [1.29, 1.82) is 0 Å². The summed E-state index contributed by atoms with van der Waals surface area (Å²) < 4.78 is 0. The van der Waals surface area contributed by atoms with E-state index in [0.717, 1.165) is 66.8 Å². The van der Waals surface area contributed by atoms with Crippen molar-refractivity contribution in [2.45, 2.75) is 19.3 Å². The highest BCUT2D eigenvalue weighted by molar-refractivity contribution is 6.17. The minimum atomic E-state index is -0.0451. The number of benzene rings is 9. The maximum atomic E-state index is 5.15. The Bertz CT molecular complexity index is 3570. The number of hydrogen-bond acceptors (Lipinski definition) is 3. The summed E-state index contributed by atoms with van der Waals surface area (Å²) in [5.41, 5.74) is 20.4. The van der Waals surface area contributed by atoms with Crippen LogP contribution in [-0.4, -0.2) is 15.0 Å². The van der Waals surface area contributed by atoms with Crippen LogP contribution < -0.4 is 0 Å². The van der Waals surface area contributed by atoms with E-state index in [-0.39, 0.29) is 5.41 Å². The molecule has 1 aliphatic carbocycles. The maximum absolute atomic E-state index is 5.15. The van der Waals surface area contributed by atoms with Gasteiger partial charge < -0.3 is 0 Å². The summed E-state index contributed by atoms with van der Waals surface area (Å²) in [5.74, 6) is 0.704. The molecule has 1 aliphatic rings. The normalized spacial score (nSPS) is 12.6. The van der Waals surface area contributed by atoms with E-state index in [1.54, 1.807) is 0 Å². The van der Waals surface area contributed by atoms with Gasteiger partial charge in [-0.3, -0.25) is 0 Å². The second-order valence-corrected chi connectivity index (χ2v) is 17.6. The molecular formula is C62H43N3. The van der Waals surface area contributed by atoms with Gasteiger partial charge in [0.05, 0.1) is 22.6 Å². The first-order valence-corrected chi connectivity index (χ1v) is 22.3. The molecule has 0 aliphatic heterocycles. The van der Waals surface area contributed by atoms with E-state index < -0.39 is 0 Å². The first-order valence-electron chi connectivity index (χ1n) is 22.3. The molecule has 11 aromatic rings. The van der Waals surface area contributed by atoms with Gasteiger partial charge in [-0.2, -0.15) is 0 Å². The average Bonchev–Trinajstić information content (AvgIpc) is 3.61. The molecule has 306 valence electrons. The van der Waals surface area contributed by atoms with Crippen molar-refractivity contribution in [3.05, 3.63) is 236 Å². The van der Waals surface area contributed by atoms with Gasteiger partial charge in [-0.1, -0.05) is 220 Å². The van der Waals surface area contributed by atoms with Gasteiger partial charge in [-0.25, -0.2) is 15.0 Å². The molecule has 0 N–H and O–H groups in total. The molecule has 2 aromatic heterocycles. The van der Waals surface area contributed by atoms with E-state index >= 15 is 0 Å². The van der Waals surface area contributed by atoms with E-state index in [0.29, 0.717) is 5.82 Å². The molecule has 65 heavy (non-hydrogen) atoms. The standard InChI is InChI=1S/C62H43N3/c1-62(2)54-22-11-9-18-50(54)51-37-36-48(38-55(51)62)42-28-34-45(35-29-42)58-39-57(64-61(65-58)47-16-7-4-8-17-47)44-32-26-41(27-33-44)40-24-30-43(31-25-40)49-20-13-21-53-59(49)52-19-10-12-23-56(52)63-60(53)46-14-5-3-6-15-46/h3-39H,1-2H3. The minimum Gasteiger partial charge on any atom is -0.247 e. The van der Waals surface area contributed by atoms with Gasteiger partial charge in [0.15, 0.2) is 5.82 Å². The fourth-order valence-electron chi connectivity index (χ4n) is 9.91. The second-order valence-electron chi connectivity index (χ2n) is 17.6. The molecule has 0 spiro atoms. The number of nitrogens with zero attached hydrogens (tertiary/aromatic N) is 3. The lowest BCUT2D eigenvalue weighted by Gasteiger charge is -2.22. The van der Waals surface area contributed by atoms with Crippen LogP contribution in [0.4, 0.5) is 0 Å². The van der Waals surface area contributed by atoms with E-state index in [4.69, 9.17) is 15.0 Å². The molecule has 0 saturated carbocycles. The van der Waals surface area contributed by atoms with Gasteiger partial charge in [0, 0.05) is 43.8 Å². The summed E-state index contributed by atoms with van der Waals surface area (Å²) >= 11 is 0. The predicted octanol–water partition coefficient (Wildman–Crippen LogP) is 16.2. The maximum Gasteiger partial charge on any atom is 0.160 e. The Morgan fingerprint density at radius 3 is 1.48 bits per heavy atom. The van der Waals surface area contributed by atoms with Crippen molar-refractivity contribution >= 4 is 21.7 Å². The Balaban J connectivity index is 0.858. The van der Waals surface area contributed by atoms with Crippen LogP contribution in [0, 0.1) is 0 Å². The van der Waals surface area contributed by atoms with Crippen molar-refractivity contribution in [3.63, 3.8) is 0 Å². The smallest absolute Gasteiger partial charge is 0.160 e. The Morgan fingerprint density at radius 2 is 0.800 bits per heavy atom. The van der Waals surface area contributed by atoms with Gasteiger partial charge in [0.1, 0.15) is 0 Å². The molecule has 9 aromatic carbocycles. The Morgan fingerprint density at radius 1 is 0.308 bits per heavy atom. The topological polar surface area (TPSA) is 38.7 Å². The van der Waals surface area contributed by atoms with Crippen LogP contribution in [0.15, 0.2) is 224 Å². The molecule has 0 fully saturated rings. The van der Waals surface area contributed by atoms with Crippen molar-refractivity contribution in [1.82, 2.24) is 15.0 Å². The van der Waals surface area contributed by atoms with Crippen LogP contribution in [-0.2, 0) is 5.41 Å². The molecule has 0 atom stereocenters. The van der Waals surface area contributed by atoms with Gasteiger partial charge in [-0.05, 0) is 73.8 Å². The highest BCUT2D eigenvalue weighted by Gasteiger charge is 2.35. The monoisotopic (exact) mass is 829 g/mol. The average molecular weight is 830 g/mol. The number of rotatable bonds is 7. The molecule has 0 bridgehead atoms. The van der Waals surface area contributed by atoms with Crippen molar-refractivity contribution in [2.24, 2.45) is 0 Å². The molecular weight excluding hydrogens is 787 g/mol. The molecule has 0 unspecified atom stereocenters. The summed E-state index contributed by atoms with van der Waals surface area (Å²) in [7, 11) is 0. The van der Waals surface area contributed by atoms with Crippen LogP contribution in [0.1, 0.15) is 25.0 Å². The van der Waals surface area contributed by atoms with E-state index in [9.17, 15) is 0 Å². The highest BCUT2D eigenvalue weighted by Crippen LogP contribution is 2.49. The summed E-state index contributed by atoms with van der Waals surface area (Å²) in [4.78, 5) is 15.4. The van der Waals surface area contributed by atoms with Crippen LogP contribution >= 0.6 is 0 Å². The molecule has 2 heterocycles. The second kappa shape index (κ2) is 15.5. The van der Waals surface area contributed by atoms with E-state index in [2.05, 4.69) is 220 Å². The fraction of sp³-hybridized carbons (Fsp3) is 0.0484. The fourth-order valence-corrected chi connectivity index (χ4v) is 9.91. The summed E-state index contributed by atoms with van der Waals surface area (Å²) in [5, 5.41) is 3.53. The van der Waals surface area contributed by atoms with Crippen LogP contribution in [0.25, 0.3) is 111 Å². The molecule has 3 heteroatoms. The molecule has 0 amide bonds. The van der Waals surface area contributed by atoms with Gasteiger partial charge in [0.25, 0.3) is 0 Å². The minimum absolute atomic E-state index is 0.0451. The lowest BCUT2D eigenvalue weighted by molar-refractivity contribution is 0.660. The summed E-state index contributed by atoms with van der Waals surface area (Å²) in [6.07, 6.45) is 0. The van der Waals surface area contributed by atoms with Gasteiger partial charge in [0.2, 0.25) is 0 Å². The number of para-hydroxylation sites is 1. The molecule has 0 saturated heterocycles. The van der Waals surface area contributed by atoms with Crippen molar-refractivity contribution < 1.29 is 0 Å². The third-order valence-corrected chi connectivity index (χ3v) is 13.3. The van der Waals surface area contributed by atoms with E-state index in [1.165, 1.54) is 49.9 Å². The molecule has 3 nitrogen and oxygen atoms in total. The zero-order chi connectivity index (χ0) is 43.5. The third kappa shape index (κ3) is 6.72. The van der Waals surface area contributed by atoms with Crippen LogP contribution in [0.2, 0.25) is 0 Å². The zero-order valence-electron chi connectivity index (χ0n) is 36.2. The largest absolute Gasteiger partial charge is 0.247 e. The molecule has 12 rings (SSSR count). The summed E-state index contributed by atoms with van der Waals surface area (Å²) in [6.45, 7) is 4.67. The first-order chi connectivity index (χ1) is 32.0. The van der Waals surface area contributed by atoms with Crippen LogP contribution in [0.3, 0.4) is 0 Å². The zero-order valence-corrected chi connectivity index (χ0v) is 36.2. The highest BCUT2D eigenvalue weighted by atomic mass is 14.9. The predicted molar refractivity (Wildman–Crippen MR) is 270 cm³/mol.